The van der Waals surface area contributed by atoms with Gasteiger partial charge < -0.3 is 22.3 Å². The Hall–Kier alpha value is -2.03. The number of hydrogen-bond acceptors (Lipinski definition) is 6. The molecule has 0 amide bonds. The summed E-state index contributed by atoms with van der Waals surface area (Å²) >= 11 is 7.67. The van der Waals surface area contributed by atoms with Gasteiger partial charge in [-0.25, -0.2) is 9.79 Å². The number of aliphatic hydroxyl groups is 1. The number of esters is 1. The molecule has 2 N–H and O–H groups in total. The van der Waals surface area contributed by atoms with Crippen LogP contribution in [-0.4, -0.2) is 45.4 Å². The lowest BCUT2D eigenvalue weighted by Gasteiger charge is -2.45. The molecule has 0 radical (unpaired) electrons. The van der Waals surface area contributed by atoms with E-state index in [1.807, 2.05) is 54.3 Å². The van der Waals surface area contributed by atoms with E-state index in [1.54, 1.807) is 19.1 Å². The summed E-state index contributed by atoms with van der Waals surface area (Å²) < 4.78 is 5.42. The van der Waals surface area contributed by atoms with E-state index in [-0.39, 0.29) is 25.1 Å². The molecule has 2 aliphatic rings. The molecule has 2 aromatic rings. The van der Waals surface area contributed by atoms with E-state index >= 15 is 0 Å². The molecule has 4 rings (SSSR count). The van der Waals surface area contributed by atoms with E-state index in [0.29, 0.717) is 27.2 Å². The third-order valence-electron chi connectivity index (χ3n) is 5.97. The number of allylic oxidation sites excluding steroid dienone is 1. The Labute approximate surface area is 216 Å². The number of halogens is 2. The molecule has 2 heterocycles. The Balaban J connectivity index is 0.00000324. The van der Waals surface area contributed by atoms with Crippen LogP contribution in [0.1, 0.15) is 39.3 Å². The van der Waals surface area contributed by atoms with Crippen LogP contribution in [0.25, 0.3) is 0 Å². The number of nitrogens with one attached hydrogen (secondary N) is 1. The molecule has 6 nitrogen and oxygen atoms in total. The lowest BCUT2D eigenvalue weighted by molar-refractivity contribution is -0.950. The van der Waals surface area contributed by atoms with Crippen molar-refractivity contribution in [1.29, 1.82) is 0 Å². The van der Waals surface area contributed by atoms with Crippen LogP contribution >= 0.6 is 23.4 Å². The smallest absolute Gasteiger partial charge is 0.338 e. The van der Waals surface area contributed by atoms with Gasteiger partial charge in [-0.2, -0.15) is 0 Å². The second-order valence-electron chi connectivity index (χ2n) is 8.48. The van der Waals surface area contributed by atoms with Gasteiger partial charge in [-0.15, -0.1) is 0 Å². The number of carbonyl (C=O) groups excluding carboxylic acids is 1. The Kier molecular flexibility index (Phi) is 8.37. The fourth-order valence-corrected chi connectivity index (χ4v) is 6.03. The highest BCUT2D eigenvalue weighted by atomic mass is 35.5. The number of quaternary nitrogens is 1. The normalized spacial score (nSPS) is 22.7. The van der Waals surface area contributed by atoms with Gasteiger partial charge in [-0.1, -0.05) is 53.7 Å². The standard InChI is InChI=1S/C25H28ClN3O3S.ClH/c1-5-32-23(30)21-17(4)27-24-29(22(21)18-11-13-19(26)14-12-18)25(31,15-33-24)28(16(2)3)20-9-7-6-8-10-20;/h6-14,16,22,31H,5,15H2,1-4H3;1H. The van der Waals surface area contributed by atoms with Crippen molar-refractivity contribution < 1.29 is 31.9 Å². The SMILES string of the molecule is CCOC(=O)C1=C(C)N=C2SCC(O)([NH+](c3ccccc3)C(C)C)N2C1c1ccc(Cl)cc1.[Cl-]. The van der Waals surface area contributed by atoms with Gasteiger partial charge in [-0.3, -0.25) is 9.80 Å². The highest BCUT2D eigenvalue weighted by Crippen LogP contribution is 2.45. The van der Waals surface area contributed by atoms with Gasteiger partial charge in [0, 0.05) is 5.02 Å². The van der Waals surface area contributed by atoms with Crippen LogP contribution in [0.4, 0.5) is 5.69 Å². The minimum Gasteiger partial charge on any atom is -1.00 e. The molecule has 1 saturated heterocycles. The molecular weight excluding hydrogens is 493 g/mol. The lowest BCUT2D eigenvalue weighted by Crippen LogP contribution is -3.21. The van der Waals surface area contributed by atoms with Crippen molar-refractivity contribution in [3.63, 3.8) is 0 Å². The van der Waals surface area contributed by atoms with Crippen LogP contribution in [0.5, 0.6) is 0 Å². The summed E-state index contributed by atoms with van der Waals surface area (Å²) in [6.07, 6.45) is 0. The summed E-state index contributed by atoms with van der Waals surface area (Å²) in [5.41, 5.74) is 2.84. The van der Waals surface area contributed by atoms with Crippen LogP contribution in [0.2, 0.25) is 5.02 Å². The number of ether oxygens (including phenoxy) is 1. The molecule has 3 atom stereocenters. The van der Waals surface area contributed by atoms with Crippen LogP contribution in [-0.2, 0) is 9.53 Å². The first-order valence-electron chi connectivity index (χ1n) is 11.1. The lowest BCUT2D eigenvalue weighted by atomic mass is 9.93. The zero-order valence-electron chi connectivity index (χ0n) is 19.6. The van der Waals surface area contributed by atoms with E-state index in [2.05, 4.69) is 13.8 Å². The van der Waals surface area contributed by atoms with Crippen molar-refractivity contribution in [2.45, 2.75) is 45.6 Å². The summed E-state index contributed by atoms with van der Waals surface area (Å²) in [7, 11) is 0. The Morgan fingerprint density at radius 2 is 1.91 bits per heavy atom. The van der Waals surface area contributed by atoms with Crippen molar-refractivity contribution in [2.75, 3.05) is 12.4 Å². The Morgan fingerprint density at radius 3 is 2.50 bits per heavy atom. The first kappa shape index (κ1) is 26.6. The fraction of sp³-hybridized carbons (Fsp3) is 0.360. The first-order chi connectivity index (χ1) is 15.8. The maximum atomic E-state index is 13.1. The largest absolute Gasteiger partial charge is 1.00 e. The van der Waals surface area contributed by atoms with Crippen molar-refractivity contribution in [2.24, 2.45) is 4.99 Å². The second-order valence-corrected chi connectivity index (χ2v) is 9.86. The molecule has 0 aromatic heterocycles. The number of para-hydroxylation sites is 1. The van der Waals surface area contributed by atoms with Gasteiger partial charge in [-0.05, 0) is 57.5 Å². The zero-order chi connectivity index (χ0) is 23.8. The number of fused-ring (bicyclic) bond motifs is 1. The van der Waals surface area contributed by atoms with Crippen LogP contribution in [0.3, 0.4) is 0 Å². The Morgan fingerprint density at radius 1 is 1.26 bits per heavy atom. The number of carbonyl (C=O) groups is 1. The van der Waals surface area contributed by atoms with Gasteiger partial charge in [0.25, 0.3) is 5.85 Å². The van der Waals surface area contributed by atoms with E-state index in [1.165, 1.54) is 11.8 Å². The number of rotatable bonds is 6. The summed E-state index contributed by atoms with van der Waals surface area (Å²) in [5, 5.41) is 13.7. The quantitative estimate of drug-likeness (QED) is 0.437. The molecule has 0 spiro atoms. The predicted molar refractivity (Wildman–Crippen MR) is 132 cm³/mol. The molecule has 9 heteroatoms. The van der Waals surface area contributed by atoms with Gasteiger partial charge in [0.15, 0.2) is 5.17 Å². The molecule has 2 aliphatic heterocycles. The maximum Gasteiger partial charge on any atom is 0.338 e. The third kappa shape index (κ3) is 4.72. The molecule has 1 fully saturated rings. The topological polar surface area (TPSA) is 66.6 Å². The first-order valence-corrected chi connectivity index (χ1v) is 12.4. The van der Waals surface area contributed by atoms with E-state index < -0.39 is 17.9 Å². The van der Waals surface area contributed by atoms with Crippen molar-refractivity contribution in [3.8, 4) is 0 Å². The number of hydrogen-bond donors (Lipinski definition) is 2. The average molecular weight is 522 g/mol. The summed E-state index contributed by atoms with van der Waals surface area (Å²) in [6.45, 7) is 8.02. The summed E-state index contributed by atoms with van der Waals surface area (Å²) in [6, 6.07) is 16.8. The number of aliphatic imine (C=N–C) groups is 1. The maximum absolute atomic E-state index is 13.1. The van der Waals surface area contributed by atoms with Crippen LogP contribution in [0.15, 0.2) is 70.9 Å². The molecule has 3 unspecified atom stereocenters. The number of amidine groups is 1. The Bertz CT molecular complexity index is 1090. The van der Waals surface area contributed by atoms with Crippen molar-refractivity contribution in [1.82, 2.24) is 4.90 Å². The minimum atomic E-state index is -1.35. The van der Waals surface area contributed by atoms with Crippen molar-refractivity contribution >= 4 is 40.2 Å². The van der Waals surface area contributed by atoms with Crippen LogP contribution in [0, 0.1) is 0 Å². The second kappa shape index (κ2) is 10.7. The molecule has 2 aromatic carbocycles. The van der Waals surface area contributed by atoms with Gasteiger partial charge in [0.2, 0.25) is 0 Å². The summed E-state index contributed by atoms with van der Waals surface area (Å²) in [4.78, 5) is 20.7. The van der Waals surface area contributed by atoms with E-state index in [4.69, 9.17) is 21.3 Å². The van der Waals surface area contributed by atoms with Crippen LogP contribution < -0.4 is 17.3 Å². The number of nitrogens with zero attached hydrogens (tertiary/aromatic N) is 2. The van der Waals surface area contributed by atoms with E-state index in [0.717, 1.165) is 16.2 Å². The molecule has 0 aliphatic carbocycles. The molecular formula is C25H29Cl2N3O3S. The van der Waals surface area contributed by atoms with Crippen molar-refractivity contribution in [3.05, 3.63) is 76.5 Å². The highest BCUT2D eigenvalue weighted by molar-refractivity contribution is 8.14. The minimum absolute atomic E-state index is 0. The van der Waals surface area contributed by atoms with Gasteiger partial charge in [0.05, 0.1) is 30.0 Å². The van der Waals surface area contributed by atoms with Gasteiger partial charge >= 0.3 is 5.97 Å². The summed E-state index contributed by atoms with van der Waals surface area (Å²) in [5.74, 6) is -1.37. The van der Waals surface area contributed by atoms with Gasteiger partial charge in [0.1, 0.15) is 11.4 Å². The monoisotopic (exact) mass is 521 g/mol. The average Bonchev–Trinajstić information content (AvgIpc) is 3.10. The third-order valence-corrected chi connectivity index (χ3v) is 7.31. The number of thioether (sulfide) groups is 1. The molecule has 34 heavy (non-hydrogen) atoms. The van der Waals surface area contributed by atoms with E-state index in [9.17, 15) is 9.90 Å². The molecule has 0 saturated carbocycles. The zero-order valence-corrected chi connectivity index (χ0v) is 21.9. The molecule has 182 valence electrons. The highest BCUT2D eigenvalue weighted by Gasteiger charge is 2.59. The predicted octanol–water partition coefficient (Wildman–Crippen LogP) is 0.912. The molecule has 0 bridgehead atoms. The number of benzene rings is 2. The fourth-order valence-electron chi connectivity index (χ4n) is 4.68.